The highest BCUT2D eigenvalue weighted by Crippen LogP contribution is 2.37. The molecule has 2 N–H and O–H groups in total. The monoisotopic (exact) mass is 494 g/mol. The summed E-state index contributed by atoms with van der Waals surface area (Å²) in [5.41, 5.74) is 2.73. The molecule has 35 heavy (non-hydrogen) atoms. The number of allylic oxidation sites excluding steroid dienone is 2. The van der Waals surface area contributed by atoms with E-state index in [4.69, 9.17) is 4.98 Å². The average molecular weight is 495 g/mol. The van der Waals surface area contributed by atoms with E-state index in [-0.39, 0.29) is 23.8 Å². The van der Waals surface area contributed by atoms with E-state index in [1.807, 2.05) is 19.9 Å². The maximum atomic E-state index is 13.7. The number of thioether (sulfide) groups is 1. The Balaban J connectivity index is 1.52. The van der Waals surface area contributed by atoms with Crippen molar-refractivity contribution < 1.29 is 9.90 Å². The molecule has 1 aromatic carbocycles. The molecule has 0 radical (unpaired) electrons. The standard InChI is InChI=1S/C27H34N4O3S/c1-3-8-19(4-2)17-28-15-13-25(33)30-16-14-22-21(18-30)26(34)31(23-11-5-6-12-24(23)32)27(29-22)35-20-9-7-10-20/h3-6,8,11-12,20,28,32H,7,9-10,13-18H2,1-2H3/b8-3-,19-4+. The van der Waals surface area contributed by atoms with Crippen LogP contribution in [0.25, 0.3) is 5.69 Å². The van der Waals surface area contributed by atoms with Crippen LogP contribution < -0.4 is 10.9 Å². The first-order valence-electron chi connectivity index (χ1n) is 12.4. The van der Waals surface area contributed by atoms with Crippen molar-refractivity contribution in [2.75, 3.05) is 19.6 Å². The van der Waals surface area contributed by atoms with Crippen LogP contribution in [0.3, 0.4) is 0 Å². The van der Waals surface area contributed by atoms with E-state index in [9.17, 15) is 14.7 Å². The Morgan fingerprint density at radius 1 is 1.29 bits per heavy atom. The summed E-state index contributed by atoms with van der Waals surface area (Å²) in [5.74, 6) is 0.0673. The fourth-order valence-electron chi connectivity index (χ4n) is 4.31. The zero-order chi connectivity index (χ0) is 24.8. The molecule has 2 heterocycles. The van der Waals surface area contributed by atoms with Crippen molar-refractivity contribution in [1.29, 1.82) is 0 Å². The first-order chi connectivity index (χ1) is 17.0. The summed E-state index contributed by atoms with van der Waals surface area (Å²) >= 11 is 1.62. The fourth-order valence-corrected chi connectivity index (χ4v) is 5.62. The van der Waals surface area contributed by atoms with Gasteiger partial charge in [0, 0.05) is 37.7 Å². The molecule has 8 heteroatoms. The Bertz CT molecular complexity index is 1180. The van der Waals surface area contributed by atoms with E-state index >= 15 is 0 Å². The number of aromatic hydroxyl groups is 1. The number of benzene rings is 1. The predicted octanol–water partition coefficient (Wildman–Crippen LogP) is 3.97. The molecule has 0 bridgehead atoms. The summed E-state index contributed by atoms with van der Waals surface area (Å²) in [7, 11) is 0. The van der Waals surface area contributed by atoms with Crippen LogP contribution in [0, 0.1) is 0 Å². The quantitative estimate of drug-likeness (QED) is 0.312. The summed E-state index contributed by atoms with van der Waals surface area (Å²) < 4.78 is 1.53. The second kappa shape index (κ2) is 11.7. The van der Waals surface area contributed by atoms with Crippen LogP contribution in [-0.2, 0) is 17.8 Å². The summed E-state index contributed by atoms with van der Waals surface area (Å²) in [6.45, 7) is 6.09. The second-order valence-corrected chi connectivity index (χ2v) is 10.2. The zero-order valence-electron chi connectivity index (χ0n) is 20.5. The second-order valence-electron chi connectivity index (χ2n) is 8.98. The molecule has 1 aliphatic heterocycles. The molecule has 186 valence electrons. The normalized spacial score (nSPS) is 16.4. The number of nitrogens with zero attached hydrogens (tertiary/aromatic N) is 3. The van der Waals surface area contributed by atoms with Crippen LogP contribution in [-0.4, -0.2) is 50.3 Å². The van der Waals surface area contributed by atoms with Crippen molar-refractivity contribution in [3.63, 3.8) is 0 Å². The molecule has 1 amide bonds. The van der Waals surface area contributed by atoms with E-state index in [2.05, 4.69) is 17.5 Å². The lowest BCUT2D eigenvalue weighted by atomic mass is 10.0. The Kier molecular flexibility index (Phi) is 8.46. The van der Waals surface area contributed by atoms with Crippen LogP contribution in [0.4, 0.5) is 0 Å². The Hall–Kier alpha value is -2.84. The van der Waals surface area contributed by atoms with Gasteiger partial charge in [-0.1, -0.05) is 48.5 Å². The minimum absolute atomic E-state index is 0.0256. The molecule has 1 saturated carbocycles. The molecule has 0 atom stereocenters. The number of carbonyl (C=O) groups is 1. The Labute approximate surface area is 211 Å². The molecule has 0 saturated heterocycles. The van der Waals surface area contributed by atoms with Crippen LogP contribution in [0.2, 0.25) is 0 Å². The topological polar surface area (TPSA) is 87.5 Å². The van der Waals surface area contributed by atoms with Gasteiger partial charge in [-0.2, -0.15) is 0 Å². The molecule has 7 nitrogen and oxygen atoms in total. The number of carbonyl (C=O) groups excluding carboxylic acids is 1. The number of hydrogen-bond donors (Lipinski definition) is 2. The molecule has 0 unspecified atom stereocenters. The van der Waals surface area contributed by atoms with Gasteiger partial charge in [0.05, 0.1) is 23.5 Å². The largest absolute Gasteiger partial charge is 0.506 e. The lowest BCUT2D eigenvalue weighted by molar-refractivity contribution is -0.132. The molecule has 1 aliphatic carbocycles. The lowest BCUT2D eigenvalue weighted by Gasteiger charge is -2.30. The third kappa shape index (κ3) is 5.87. The number of phenols is 1. The van der Waals surface area contributed by atoms with Crippen molar-refractivity contribution in [3.05, 3.63) is 69.7 Å². The highest BCUT2D eigenvalue weighted by molar-refractivity contribution is 7.99. The van der Waals surface area contributed by atoms with E-state index in [1.54, 1.807) is 40.9 Å². The maximum Gasteiger partial charge on any atom is 0.264 e. The minimum Gasteiger partial charge on any atom is -0.506 e. The predicted molar refractivity (Wildman–Crippen MR) is 140 cm³/mol. The van der Waals surface area contributed by atoms with Crippen molar-refractivity contribution >= 4 is 17.7 Å². The van der Waals surface area contributed by atoms with Gasteiger partial charge in [-0.15, -0.1) is 0 Å². The minimum atomic E-state index is -0.196. The molecular formula is C27H34N4O3S. The van der Waals surface area contributed by atoms with Crippen molar-refractivity contribution in [1.82, 2.24) is 19.8 Å². The van der Waals surface area contributed by atoms with Crippen LogP contribution >= 0.6 is 11.8 Å². The number of para-hydroxylation sites is 2. The molecule has 4 rings (SSSR count). The SMILES string of the molecule is C/C=C\C(=C/C)CNCCC(=O)N1CCc2nc(SC3CCC3)n(-c3ccccc3O)c(=O)c2C1. The Morgan fingerprint density at radius 2 is 2.09 bits per heavy atom. The van der Waals surface area contributed by atoms with Crippen molar-refractivity contribution in [3.8, 4) is 11.4 Å². The van der Waals surface area contributed by atoms with Gasteiger partial charge < -0.3 is 15.3 Å². The average Bonchev–Trinajstić information content (AvgIpc) is 2.84. The number of hydrogen-bond acceptors (Lipinski definition) is 6. The summed E-state index contributed by atoms with van der Waals surface area (Å²) in [5, 5.41) is 14.9. The number of fused-ring (bicyclic) bond motifs is 1. The molecule has 1 fully saturated rings. The van der Waals surface area contributed by atoms with Gasteiger partial charge in [-0.25, -0.2) is 4.98 Å². The van der Waals surface area contributed by atoms with Crippen molar-refractivity contribution in [2.45, 2.75) is 62.9 Å². The lowest BCUT2D eigenvalue weighted by Crippen LogP contribution is -2.42. The van der Waals surface area contributed by atoms with E-state index in [0.717, 1.165) is 18.5 Å². The van der Waals surface area contributed by atoms with Gasteiger partial charge in [-0.05, 0) is 44.4 Å². The third-order valence-electron chi connectivity index (χ3n) is 6.59. The van der Waals surface area contributed by atoms with Gasteiger partial charge >= 0.3 is 0 Å². The highest BCUT2D eigenvalue weighted by atomic mass is 32.2. The van der Waals surface area contributed by atoms with Gasteiger partial charge in [0.25, 0.3) is 5.56 Å². The van der Waals surface area contributed by atoms with E-state index in [1.165, 1.54) is 16.6 Å². The molecule has 2 aliphatic rings. The molecular weight excluding hydrogens is 460 g/mol. The van der Waals surface area contributed by atoms with Gasteiger partial charge in [0.1, 0.15) is 5.75 Å². The van der Waals surface area contributed by atoms with Crippen molar-refractivity contribution in [2.24, 2.45) is 0 Å². The van der Waals surface area contributed by atoms with Crippen LogP contribution in [0.5, 0.6) is 5.75 Å². The number of amides is 1. The zero-order valence-corrected chi connectivity index (χ0v) is 21.3. The maximum absolute atomic E-state index is 13.7. The smallest absolute Gasteiger partial charge is 0.264 e. The summed E-state index contributed by atoms with van der Waals surface area (Å²) in [6, 6.07) is 6.86. The summed E-state index contributed by atoms with van der Waals surface area (Å²) in [4.78, 5) is 33.3. The number of phenolic OH excluding ortho intramolecular Hbond substituents is 1. The van der Waals surface area contributed by atoms with Crippen LogP contribution in [0.15, 0.2) is 58.0 Å². The Morgan fingerprint density at radius 3 is 2.77 bits per heavy atom. The first kappa shape index (κ1) is 25.3. The number of rotatable bonds is 9. The van der Waals surface area contributed by atoms with Gasteiger partial charge in [0.15, 0.2) is 5.16 Å². The van der Waals surface area contributed by atoms with Gasteiger partial charge in [0.2, 0.25) is 5.91 Å². The molecule has 0 spiro atoms. The molecule has 2 aromatic rings. The fraction of sp³-hybridized carbons (Fsp3) is 0.444. The van der Waals surface area contributed by atoms with Gasteiger partial charge in [-0.3, -0.25) is 14.2 Å². The third-order valence-corrected chi connectivity index (χ3v) is 7.88. The molecule has 1 aromatic heterocycles. The summed E-state index contributed by atoms with van der Waals surface area (Å²) in [6.07, 6.45) is 10.5. The van der Waals surface area contributed by atoms with E-state index < -0.39 is 0 Å². The number of nitrogens with one attached hydrogen (secondary N) is 1. The highest BCUT2D eigenvalue weighted by Gasteiger charge is 2.29. The first-order valence-corrected chi connectivity index (χ1v) is 13.3. The van der Waals surface area contributed by atoms with Crippen LogP contribution in [0.1, 0.15) is 50.8 Å². The van der Waals surface area contributed by atoms with E-state index in [0.29, 0.717) is 54.1 Å². The number of aromatic nitrogens is 2.